The number of hydrogen-bond acceptors (Lipinski definition) is 4. The molecule has 2 rings (SSSR count). The van der Waals surface area contributed by atoms with Crippen molar-refractivity contribution in [3.05, 3.63) is 35.9 Å². The second kappa shape index (κ2) is 7.71. The van der Waals surface area contributed by atoms with E-state index in [1.807, 2.05) is 42.2 Å². The number of amides is 1. The average molecular weight is 325 g/mol. The zero-order chi connectivity index (χ0) is 16.0. The van der Waals surface area contributed by atoms with E-state index < -0.39 is 10.0 Å². The third-order valence-electron chi connectivity index (χ3n) is 3.66. The van der Waals surface area contributed by atoms with Crippen molar-refractivity contribution < 1.29 is 13.2 Å². The van der Waals surface area contributed by atoms with Gasteiger partial charge in [0.25, 0.3) is 0 Å². The smallest absolute Gasteiger partial charge is 0.234 e. The van der Waals surface area contributed by atoms with Crippen molar-refractivity contribution in [2.45, 2.75) is 12.7 Å². The van der Waals surface area contributed by atoms with Crippen LogP contribution in [-0.2, 0) is 20.6 Å². The molecule has 1 amide bonds. The van der Waals surface area contributed by atoms with Gasteiger partial charge in [-0.2, -0.15) is 4.31 Å². The lowest BCUT2D eigenvalue weighted by molar-refractivity contribution is -0.122. The summed E-state index contributed by atoms with van der Waals surface area (Å²) in [6.07, 6.45) is 0. The maximum absolute atomic E-state index is 12.4. The van der Waals surface area contributed by atoms with Gasteiger partial charge in [0.05, 0.1) is 12.3 Å². The molecule has 0 saturated carbocycles. The number of piperazine rings is 1. The number of nitrogens with one attached hydrogen (secondary N) is 1. The van der Waals surface area contributed by atoms with Gasteiger partial charge in [-0.3, -0.25) is 9.69 Å². The highest BCUT2D eigenvalue weighted by atomic mass is 32.2. The fourth-order valence-corrected chi connectivity index (χ4v) is 4.01. The van der Waals surface area contributed by atoms with E-state index >= 15 is 0 Å². The molecular formula is C15H23N3O3S. The SMILES string of the molecule is CCNC(=O)CN1CCN(S(=O)(=O)Cc2ccccc2)CC1. The molecule has 1 fully saturated rings. The first-order valence-corrected chi connectivity index (χ1v) is 9.13. The normalized spacial score (nSPS) is 17.3. The van der Waals surface area contributed by atoms with Crippen LogP contribution in [0.5, 0.6) is 0 Å². The molecule has 122 valence electrons. The molecule has 0 unspecified atom stereocenters. The summed E-state index contributed by atoms with van der Waals surface area (Å²) in [6.45, 7) is 4.89. The van der Waals surface area contributed by atoms with Crippen LogP contribution < -0.4 is 5.32 Å². The van der Waals surface area contributed by atoms with E-state index in [1.54, 1.807) is 0 Å². The topological polar surface area (TPSA) is 69.7 Å². The molecule has 1 aromatic rings. The summed E-state index contributed by atoms with van der Waals surface area (Å²) in [5.41, 5.74) is 0.798. The van der Waals surface area contributed by atoms with Crippen molar-refractivity contribution in [3.8, 4) is 0 Å². The fourth-order valence-electron chi connectivity index (χ4n) is 2.50. The summed E-state index contributed by atoms with van der Waals surface area (Å²) >= 11 is 0. The second-order valence-electron chi connectivity index (χ2n) is 5.37. The summed E-state index contributed by atoms with van der Waals surface area (Å²) in [7, 11) is -3.29. The summed E-state index contributed by atoms with van der Waals surface area (Å²) < 4.78 is 26.4. The number of hydrogen-bond donors (Lipinski definition) is 1. The van der Waals surface area contributed by atoms with Crippen LogP contribution in [0.1, 0.15) is 12.5 Å². The highest BCUT2D eigenvalue weighted by molar-refractivity contribution is 7.88. The number of nitrogens with zero attached hydrogens (tertiary/aromatic N) is 2. The molecule has 0 aromatic heterocycles. The van der Waals surface area contributed by atoms with Crippen LogP contribution in [0.15, 0.2) is 30.3 Å². The fraction of sp³-hybridized carbons (Fsp3) is 0.533. The van der Waals surface area contributed by atoms with Gasteiger partial charge in [-0.05, 0) is 12.5 Å². The number of rotatable bonds is 6. The first kappa shape index (κ1) is 16.9. The Bertz CT molecular complexity index is 581. The van der Waals surface area contributed by atoms with Gasteiger partial charge in [0.1, 0.15) is 0 Å². The molecule has 0 spiro atoms. The second-order valence-corrected chi connectivity index (χ2v) is 7.34. The molecule has 1 N–H and O–H groups in total. The predicted octanol–water partition coefficient (Wildman–Crippen LogP) is 0.270. The largest absolute Gasteiger partial charge is 0.355 e. The molecule has 1 aliphatic rings. The van der Waals surface area contributed by atoms with Crippen molar-refractivity contribution in [1.29, 1.82) is 0 Å². The van der Waals surface area contributed by atoms with Crippen molar-refractivity contribution >= 4 is 15.9 Å². The Labute approximate surface area is 132 Å². The molecule has 1 heterocycles. The summed E-state index contributed by atoms with van der Waals surface area (Å²) in [6, 6.07) is 9.20. The first-order chi connectivity index (χ1) is 10.5. The Balaban J connectivity index is 1.86. The molecule has 1 saturated heterocycles. The quantitative estimate of drug-likeness (QED) is 0.815. The van der Waals surface area contributed by atoms with E-state index in [0.29, 0.717) is 39.3 Å². The summed E-state index contributed by atoms with van der Waals surface area (Å²) in [5.74, 6) is 0.0209. The van der Waals surface area contributed by atoms with Crippen molar-refractivity contribution in [1.82, 2.24) is 14.5 Å². The lowest BCUT2D eigenvalue weighted by Crippen LogP contribution is -2.51. The lowest BCUT2D eigenvalue weighted by atomic mass is 10.2. The maximum Gasteiger partial charge on any atom is 0.234 e. The van der Waals surface area contributed by atoms with E-state index in [4.69, 9.17) is 0 Å². The van der Waals surface area contributed by atoms with Gasteiger partial charge in [-0.25, -0.2) is 8.42 Å². The highest BCUT2D eigenvalue weighted by Gasteiger charge is 2.27. The van der Waals surface area contributed by atoms with Gasteiger partial charge < -0.3 is 5.32 Å². The number of benzene rings is 1. The van der Waals surface area contributed by atoms with Crippen LogP contribution in [0.25, 0.3) is 0 Å². The minimum absolute atomic E-state index is 0.0110. The van der Waals surface area contributed by atoms with Gasteiger partial charge in [-0.1, -0.05) is 30.3 Å². The summed E-state index contributed by atoms with van der Waals surface area (Å²) in [5, 5.41) is 2.75. The average Bonchev–Trinajstić information content (AvgIpc) is 2.48. The first-order valence-electron chi connectivity index (χ1n) is 7.52. The Morgan fingerprint density at radius 2 is 1.77 bits per heavy atom. The van der Waals surface area contributed by atoms with Gasteiger partial charge in [0, 0.05) is 32.7 Å². The third kappa shape index (κ3) is 4.79. The Hall–Kier alpha value is -1.44. The van der Waals surface area contributed by atoms with Crippen LogP contribution >= 0.6 is 0 Å². The maximum atomic E-state index is 12.4. The van der Waals surface area contributed by atoms with Crippen LogP contribution in [-0.4, -0.2) is 62.8 Å². The predicted molar refractivity (Wildman–Crippen MR) is 85.8 cm³/mol. The Kier molecular flexibility index (Phi) is 5.93. The van der Waals surface area contributed by atoms with E-state index in [2.05, 4.69) is 5.32 Å². The Morgan fingerprint density at radius 3 is 2.36 bits per heavy atom. The van der Waals surface area contributed by atoms with Crippen molar-refractivity contribution in [3.63, 3.8) is 0 Å². The number of likely N-dealkylation sites (N-methyl/N-ethyl adjacent to an activating group) is 1. The minimum atomic E-state index is -3.29. The molecule has 6 nitrogen and oxygen atoms in total. The van der Waals surface area contributed by atoms with Gasteiger partial charge >= 0.3 is 0 Å². The molecule has 1 aromatic carbocycles. The van der Waals surface area contributed by atoms with Gasteiger partial charge in [-0.15, -0.1) is 0 Å². The van der Waals surface area contributed by atoms with Gasteiger partial charge in [0.2, 0.25) is 15.9 Å². The molecule has 0 atom stereocenters. The minimum Gasteiger partial charge on any atom is -0.355 e. The number of carbonyl (C=O) groups excluding carboxylic acids is 1. The van der Waals surface area contributed by atoms with Crippen LogP contribution in [0.4, 0.5) is 0 Å². The van der Waals surface area contributed by atoms with Crippen molar-refractivity contribution in [2.75, 3.05) is 39.3 Å². The monoisotopic (exact) mass is 325 g/mol. The standard InChI is InChI=1S/C15H23N3O3S/c1-2-16-15(19)12-17-8-10-18(11-9-17)22(20,21)13-14-6-4-3-5-7-14/h3-7H,2,8-13H2,1H3,(H,16,19). The lowest BCUT2D eigenvalue weighted by Gasteiger charge is -2.33. The zero-order valence-corrected chi connectivity index (χ0v) is 13.7. The van der Waals surface area contributed by atoms with E-state index in [0.717, 1.165) is 5.56 Å². The molecule has 7 heteroatoms. The Morgan fingerprint density at radius 1 is 1.14 bits per heavy atom. The van der Waals surface area contributed by atoms with E-state index in [-0.39, 0.29) is 11.7 Å². The molecule has 22 heavy (non-hydrogen) atoms. The molecule has 0 radical (unpaired) electrons. The molecule has 1 aliphatic heterocycles. The van der Waals surface area contributed by atoms with Crippen LogP contribution in [0.3, 0.4) is 0 Å². The zero-order valence-electron chi connectivity index (χ0n) is 12.9. The number of carbonyl (C=O) groups is 1. The van der Waals surface area contributed by atoms with E-state index in [9.17, 15) is 13.2 Å². The van der Waals surface area contributed by atoms with Crippen molar-refractivity contribution in [2.24, 2.45) is 0 Å². The van der Waals surface area contributed by atoms with Crippen LogP contribution in [0, 0.1) is 0 Å². The molecular weight excluding hydrogens is 302 g/mol. The third-order valence-corrected chi connectivity index (χ3v) is 5.51. The number of sulfonamides is 1. The highest BCUT2D eigenvalue weighted by Crippen LogP contribution is 2.13. The molecule has 0 aliphatic carbocycles. The van der Waals surface area contributed by atoms with Gasteiger partial charge in [0.15, 0.2) is 0 Å². The van der Waals surface area contributed by atoms with Crippen LogP contribution in [0.2, 0.25) is 0 Å². The van der Waals surface area contributed by atoms with E-state index in [1.165, 1.54) is 4.31 Å². The molecule has 0 bridgehead atoms. The summed E-state index contributed by atoms with van der Waals surface area (Å²) in [4.78, 5) is 13.5.